The summed E-state index contributed by atoms with van der Waals surface area (Å²) in [7, 11) is 1.54. The topological polar surface area (TPSA) is 112 Å². The fourth-order valence-corrected chi connectivity index (χ4v) is 1.83. The Morgan fingerprint density at radius 2 is 2.15 bits per heavy atom. The van der Waals surface area contributed by atoms with Gasteiger partial charge in [-0.3, -0.25) is 19.6 Å². The molecule has 0 saturated heterocycles. The van der Waals surface area contributed by atoms with Crippen LogP contribution in [0.25, 0.3) is 0 Å². The molecule has 0 aliphatic heterocycles. The molecule has 0 aliphatic carbocycles. The average Bonchev–Trinajstić information content (AvgIpc) is 2.79. The van der Waals surface area contributed by atoms with E-state index in [1.807, 2.05) is 5.43 Å². The number of nitrogen functional groups attached to an aromatic ring is 1. The van der Waals surface area contributed by atoms with Gasteiger partial charge in [0, 0.05) is 24.9 Å². The lowest BCUT2D eigenvalue weighted by Crippen LogP contribution is -2.38. The van der Waals surface area contributed by atoms with Crippen LogP contribution in [0.15, 0.2) is 32.3 Å². The highest BCUT2D eigenvalue weighted by Gasteiger charge is 2.15. The zero-order valence-electron chi connectivity index (χ0n) is 11.0. The fraction of sp³-hybridized carbons (Fsp3) is 0.250. The normalized spacial score (nSPS) is 10.6. The zero-order valence-corrected chi connectivity index (χ0v) is 11.0. The molecule has 8 nitrogen and oxygen atoms in total. The molecule has 2 aromatic rings. The number of nitrogens with zero attached hydrogens (tertiary/aromatic N) is 2. The van der Waals surface area contributed by atoms with Crippen LogP contribution >= 0.6 is 0 Å². The van der Waals surface area contributed by atoms with Gasteiger partial charge >= 0.3 is 11.6 Å². The van der Waals surface area contributed by atoms with E-state index in [9.17, 15) is 14.4 Å². The van der Waals surface area contributed by atoms with Crippen LogP contribution in [0.5, 0.6) is 0 Å². The lowest BCUT2D eigenvalue weighted by Gasteiger charge is -2.04. The molecule has 8 heteroatoms. The van der Waals surface area contributed by atoms with Gasteiger partial charge in [0.1, 0.15) is 5.76 Å². The number of amides is 1. The standard InChI is InChI=1S/C12H14N4O4/c1-7-5-8(20-10(7)11(18)14-13)6-16-9(17)3-4-15(2)12(16)19/h3-5H,6,13H2,1-2H3,(H,14,18). The van der Waals surface area contributed by atoms with Gasteiger partial charge in [-0.1, -0.05) is 0 Å². The van der Waals surface area contributed by atoms with Gasteiger partial charge in [-0.2, -0.15) is 0 Å². The van der Waals surface area contributed by atoms with Gasteiger partial charge in [-0.25, -0.2) is 10.6 Å². The van der Waals surface area contributed by atoms with Gasteiger partial charge in [0.15, 0.2) is 5.76 Å². The van der Waals surface area contributed by atoms with E-state index in [1.165, 1.54) is 16.8 Å². The van der Waals surface area contributed by atoms with Crippen LogP contribution in [0, 0.1) is 6.92 Å². The number of aryl methyl sites for hydroxylation is 2. The summed E-state index contributed by atoms with van der Waals surface area (Å²) in [6, 6.07) is 2.87. The summed E-state index contributed by atoms with van der Waals surface area (Å²) in [6.07, 6.45) is 1.39. The van der Waals surface area contributed by atoms with Gasteiger partial charge in [0.2, 0.25) is 0 Å². The number of carbonyl (C=O) groups excluding carboxylic acids is 1. The van der Waals surface area contributed by atoms with Crippen molar-refractivity contribution in [1.82, 2.24) is 14.6 Å². The molecule has 0 spiro atoms. The Balaban J connectivity index is 2.42. The third kappa shape index (κ3) is 2.41. The Bertz CT molecular complexity index is 768. The lowest BCUT2D eigenvalue weighted by molar-refractivity contribution is 0.0923. The second kappa shape index (κ2) is 5.17. The van der Waals surface area contributed by atoms with Crippen LogP contribution in [-0.2, 0) is 13.6 Å². The van der Waals surface area contributed by atoms with Crippen molar-refractivity contribution in [2.24, 2.45) is 12.9 Å². The van der Waals surface area contributed by atoms with Crippen LogP contribution in [0.1, 0.15) is 21.9 Å². The first-order chi connectivity index (χ1) is 9.43. The molecule has 106 valence electrons. The smallest absolute Gasteiger partial charge is 0.331 e. The van der Waals surface area contributed by atoms with E-state index >= 15 is 0 Å². The van der Waals surface area contributed by atoms with Crippen molar-refractivity contribution in [3.05, 3.63) is 56.3 Å². The largest absolute Gasteiger partial charge is 0.454 e. The SMILES string of the molecule is Cc1cc(Cn2c(=O)ccn(C)c2=O)oc1C(=O)NN. The summed E-state index contributed by atoms with van der Waals surface area (Å²) >= 11 is 0. The molecule has 0 fully saturated rings. The Hall–Kier alpha value is -2.61. The molecule has 20 heavy (non-hydrogen) atoms. The van der Waals surface area contributed by atoms with Crippen molar-refractivity contribution >= 4 is 5.91 Å². The highest BCUT2D eigenvalue weighted by Crippen LogP contribution is 2.14. The molecule has 0 aliphatic rings. The number of rotatable bonds is 3. The molecular weight excluding hydrogens is 264 g/mol. The summed E-state index contributed by atoms with van der Waals surface area (Å²) in [4.78, 5) is 35.0. The second-order valence-electron chi connectivity index (χ2n) is 4.33. The van der Waals surface area contributed by atoms with Crippen molar-refractivity contribution in [3.8, 4) is 0 Å². The minimum absolute atomic E-state index is 0.0506. The van der Waals surface area contributed by atoms with E-state index in [0.29, 0.717) is 11.3 Å². The third-order valence-corrected chi connectivity index (χ3v) is 2.86. The summed E-state index contributed by atoms with van der Waals surface area (Å²) in [5.74, 6) is 4.85. The first-order valence-corrected chi connectivity index (χ1v) is 5.80. The molecule has 3 N–H and O–H groups in total. The molecular formula is C12H14N4O4. The highest BCUT2D eigenvalue weighted by molar-refractivity contribution is 5.92. The number of furan rings is 1. The lowest BCUT2D eigenvalue weighted by atomic mass is 10.2. The number of hydrazine groups is 1. The number of nitrogens with two attached hydrogens (primary N) is 1. The van der Waals surface area contributed by atoms with Crippen LogP contribution in [0.4, 0.5) is 0 Å². The third-order valence-electron chi connectivity index (χ3n) is 2.86. The average molecular weight is 278 g/mol. The monoisotopic (exact) mass is 278 g/mol. The van der Waals surface area contributed by atoms with E-state index in [-0.39, 0.29) is 12.3 Å². The van der Waals surface area contributed by atoms with Gasteiger partial charge in [-0.05, 0) is 13.0 Å². The Labute approximate surface area is 113 Å². The molecule has 0 saturated carbocycles. The number of hydrogen-bond donors (Lipinski definition) is 2. The maximum absolute atomic E-state index is 11.9. The van der Waals surface area contributed by atoms with E-state index in [2.05, 4.69) is 0 Å². The quantitative estimate of drug-likeness (QED) is 0.429. The zero-order chi connectivity index (χ0) is 14.9. The summed E-state index contributed by atoms with van der Waals surface area (Å²) in [6.45, 7) is 1.62. The molecule has 1 amide bonds. The van der Waals surface area contributed by atoms with E-state index in [1.54, 1.807) is 20.0 Å². The van der Waals surface area contributed by atoms with Crippen molar-refractivity contribution in [3.63, 3.8) is 0 Å². The summed E-state index contributed by atoms with van der Waals surface area (Å²) < 4.78 is 7.62. The van der Waals surface area contributed by atoms with Crippen LogP contribution in [0.2, 0.25) is 0 Å². The van der Waals surface area contributed by atoms with Crippen LogP contribution in [-0.4, -0.2) is 15.0 Å². The molecule has 0 bridgehead atoms. The molecule has 0 aromatic carbocycles. The number of aromatic nitrogens is 2. The van der Waals surface area contributed by atoms with E-state index in [4.69, 9.17) is 10.3 Å². The molecule has 2 rings (SSSR count). The van der Waals surface area contributed by atoms with Crippen molar-refractivity contribution in [2.75, 3.05) is 0 Å². The minimum atomic E-state index is -0.568. The first-order valence-electron chi connectivity index (χ1n) is 5.80. The van der Waals surface area contributed by atoms with Gasteiger partial charge in [0.25, 0.3) is 5.56 Å². The maximum atomic E-state index is 11.9. The molecule has 0 unspecified atom stereocenters. The number of hydrogen-bond acceptors (Lipinski definition) is 5. The van der Waals surface area contributed by atoms with Crippen molar-refractivity contribution in [1.29, 1.82) is 0 Å². The summed E-state index contributed by atoms with van der Waals surface area (Å²) in [5.41, 5.74) is 1.64. The maximum Gasteiger partial charge on any atom is 0.331 e. The van der Waals surface area contributed by atoms with Gasteiger partial charge in [0.05, 0.1) is 6.54 Å². The first kappa shape index (κ1) is 13.8. The Morgan fingerprint density at radius 1 is 1.45 bits per heavy atom. The van der Waals surface area contributed by atoms with E-state index in [0.717, 1.165) is 4.57 Å². The molecule has 2 aromatic heterocycles. The molecule has 0 radical (unpaired) electrons. The second-order valence-corrected chi connectivity index (χ2v) is 4.33. The number of nitrogens with one attached hydrogen (secondary N) is 1. The van der Waals surface area contributed by atoms with Crippen molar-refractivity contribution in [2.45, 2.75) is 13.5 Å². The Kier molecular flexibility index (Phi) is 3.57. The van der Waals surface area contributed by atoms with Crippen molar-refractivity contribution < 1.29 is 9.21 Å². The van der Waals surface area contributed by atoms with Crippen LogP contribution in [0.3, 0.4) is 0 Å². The highest BCUT2D eigenvalue weighted by atomic mass is 16.4. The van der Waals surface area contributed by atoms with Gasteiger partial charge < -0.3 is 8.98 Å². The molecule has 2 heterocycles. The predicted octanol–water partition coefficient (Wildman–Crippen LogP) is -0.900. The van der Waals surface area contributed by atoms with Crippen LogP contribution < -0.4 is 22.5 Å². The van der Waals surface area contributed by atoms with Gasteiger partial charge in [-0.15, -0.1) is 0 Å². The van der Waals surface area contributed by atoms with E-state index < -0.39 is 17.2 Å². The minimum Gasteiger partial charge on any atom is -0.454 e. The fourth-order valence-electron chi connectivity index (χ4n) is 1.83. The molecule has 0 atom stereocenters. The predicted molar refractivity (Wildman–Crippen MR) is 70.1 cm³/mol. The summed E-state index contributed by atoms with van der Waals surface area (Å²) in [5, 5.41) is 0. The Morgan fingerprint density at radius 3 is 2.80 bits per heavy atom. The number of carbonyl (C=O) groups is 1.